The van der Waals surface area contributed by atoms with Crippen molar-refractivity contribution >= 4 is 23.3 Å². The van der Waals surface area contributed by atoms with E-state index >= 15 is 0 Å². The number of ether oxygens (including phenoxy) is 2. The third-order valence-corrected chi connectivity index (χ3v) is 3.59. The summed E-state index contributed by atoms with van der Waals surface area (Å²) < 4.78 is 10.5. The number of halogens is 1. The first-order valence-electron chi connectivity index (χ1n) is 6.45. The van der Waals surface area contributed by atoms with Gasteiger partial charge in [0.15, 0.2) is 0 Å². The second-order valence-corrected chi connectivity index (χ2v) is 4.93. The molecule has 104 valence electrons. The Morgan fingerprint density at radius 2 is 2.11 bits per heavy atom. The molecule has 0 atom stereocenters. The minimum absolute atomic E-state index is 0.238. The van der Waals surface area contributed by atoms with E-state index < -0.39 is 5.54 Å². The highest BCUT2D eigenvalue weighted by Crippen LogP contribution is 2.31. The molecule has 0 aromatic heterocycles. The van der Waals surface area contributed by atoms with Gasteiger partial charge in [-0.25, -0.2) is 4.79 Å². The number of esters is 1. The maximum absolute atomic E-state index is 12.3. The number of carbonyl (C=O) groups excluding carboxylic acids is 1. The smallest absolute Gasteiger partial charge is 0.331 e. The van der Waals surface area contributed by atoms with E-state index in [2.05, 4.69) is 5.32 Å². The summed E-state index contributed by atoms with van der Waals surface area (Å²) in [6.45, 7) is 3.25. The molecule has 1 aliphatic rings. The number of benzene rings is 1. The lowest BCUT2D eigenvalue weighted by Crippen LogP contribution is -2.51. The summed E-state index contributed by atoms with van der Waals surface area (Å²) in [6.07, 6.45) is 1.16. The number of rotatable bonds is 4. The predicted octanol–water partition coefficient (Wildman–Crippen LogP) is 2.86. The van der Waals surface area contributed by atoms with Crippen molar-refractivity contribution in [3.05, 3.63) is 29.3 Å². The molecule has 1 heterocycles. The molecule has 0 bridgehead atoms. The fraction of sp³-hybridized carbons (Fsp3) is 0.500. The highest BCUT2D eigenvalue weighted by atomic mass is 35.5. The summed E-state index contributed by atoms with van der Waals surface area (Å²) in [4.78, 5) is 12.3. The molecule has 1 aromatic carbocycles. The number of hydrogen-bond acceptors (Lipinski definition) is 4. The van der Waals surface area contributed by atoms with Crippen LogP contribution in [0.3, 0.4) is 0 Å². The van der Waals surface area contributed by atoms with Crippen LogP contribution in [-0.2, 0) is 14.3 Å². The first-order valence-corrected chi connectivity index (χ1v) is 6.83. The van der Waals surface area contributed by atoms with E-state index in [0.29, 0.717) is 37.7 Å². The second-order valence-electron chi connectivity index (χ2n) is 4.52. The summed E-state index contributed by atoms with van der Waals surface area (Å²) in [5.74, 6) is -0.238. The molecule has 5 heteroatoms. The van der Waals surface area contributed by atoms with Gasteiger partial charge >= 0.3 is 5.97 Å². The molecular formula is C14H18ClNO3. The summed E-state index contributed by atoms with van der Waals surface area (Å²) in [7, 11) is 0. The summed E-state index contributed by atoms with van der Waals surface area (Å²) in [6, 6.07) is 7.39. The van der Waals surface area contributed by atoms with Crippen molar-refractivity contribution in [2.75, 3.05) is 25.1 Å². The fourth-order valence-electron chi connectivity index (χ4n) is 2.19. The highest BCUT2D eigenvalue weighted by Gasteiger charge is 2.41. The SMILES string of the molecule is CCOC(=O)C1(Nc2ccccc2Cl)CCOCC1. The number of carbonyl (C=O) groups is 1. The van der Waals surface area contributed by atoms with Crippen LogP contribution < -0.4 is 5.32 Å². The van der Waals surface area contributed by atoms with Crippen molar-refractivity contribution in [1.29, 1.82) is 0 Å². The minimum atomic E-state index is -0.737. The summed E-state index contributed by atoms with van der Waals surface area (Å²) >= 11 is 6.14. The van der Waals surface area contributed by atoms with Gasteiger partial charge in [0, 0.05) is 26.1 Å². The van der Waals surface area contributed by atoms with E-state index in [-0.39, 0.29) is 5.97 Å². The number of para-hydroxylation sites is 1. The highest BCUT2D eigenvalue weighted by molar-refractivity contribution is 6.33. The van der Waals surface area contributed by atoms with Gasteiger partial charge in [0.05, 0.1) is 17.3 Å². The molecule has 0 amide bonds. The Morgan fingerprint density at radius 1 is 1.42 bits per heavy atom. The van der Waals surface area contributed by atoms with E-state index in [9.17, 15) is 4.79 Å². The lowest BCUT2D eigenvalue weighted by Gasteiger charge is -2.36. The van der Waals surface area contributed by atoms with Gasteiger partial charge in [-0.1, -0.05) is 23.7 Å². The Morgan fingerprint density at radius 3 is 2.74 bits per heavy atom. The van der Waals surface area contributed by atoms with E-state index in [1.54, 1.807) is 13.0 Å². The van der Waals surface area contributed by atoms with Gasteiger partial charge in [0.1, 0.15) is 5.54 Å². The maximum atomic E-state index is 12.3. The zero-order chi connectivity index (χ0) is 13.7. The van der Waals surface area contributed by atoms with Crippen LogP contribution in [0, 0.1) is 0 Å². The topological polar surface area (TPSA) is 47.6 Å². The van der Waals surface area contributed by atoms with Crippen LogP contribution in [-0.4, -0.2) is 31.3 Å². The lowest BCUT2D eigenvalue weighted by atomic mass is 9.89. The van der Waals surface area contributed by atoms with E-state index in [4.69, 9.17) is 21.1 Å². The molecule has 0 aliphatic carbocycles. The Labute approximate surface area is 118 Å². The monoisotopic (exact) mass is 283 g/mol. The Hall–Kier alpha value is -1.26. The van der Waals surface area contributed by atoms with Crippen molar-refractivity contribution in [3.8, 4) is 0 Å². The van der Waals surface area contributed by atoms with E-state index in [0.717, 1.165) is 5.69 Å². The molecule has 0 unspecified atom stereocenters. The van der Waals surface area contributed by atoms with Gasteiger partial charge in [-0.3, -0.25) is 0 Å². The van der Waals surface area contributed by atoms with Crippen LogP contribution in [0.25, 0.3) is 0 Å². The minimum Gasteiger partial charge on any atom is -0.464 e. The third-order valence-electron chi connectivity index (χ3n) is 3.26. The van der Waals surface area contributed by atoms with Gasteiger partial charge in [-0.05, 0) is 19.1 Å². The fourth-order valence-corrected chi connectivity index (χ4v) is 2.37. The molecule has 1 aliphatic heterocycles. The van der Waals surface area contributed by atoms with Crippen molar-refractivity contribution < 1.29 is 14.3 Å². The van der Waals surface area contributed by atoms with Crippen LogP contribution in [0.4, 0.5) is 5.69 Å². The number of nitrogens with one attached hydrogen (secondary N) is 1. The zero-order valence-corrected chi connectivity index (χ0v) is 11.7. The number of hydrogen-bond donors (Lipinski definition) is 1. The summed E-state index contributed by atoms with van der Waals surface area (Å²) in [5, 5.41) is 3.86. The third kappa shape index (κ3) is 3.19. The molecule has 19 heavy (non-hydrogen) atoms. The molecule has 1 saturated heterocycles. The molecule has 0 saturated carbocycles. The summed E-state index contributed by atoms with van der Waals surface area (Å²) in [5.41, 5.74) is 0.0123. The molecular weight excluding hydrogens is 266 g/mol. The van der Waals surface area contributed by atoms with Gasteiger partial charge in [-0.2, -0.15) is 0 Å². The molecule has 1 fully saturated rings. The lowest BCUT2D eigenvalue weighted by molar-refractivity contribution is -0.152. The van der Waals surface area contributed by atoms with Crippen LogP contribution in [0.5, 0.6) is 0 Å². The first-order chi connectivity index (χ1) is 9.18. The normalized spacial score (nSPS) is 17.8. The van der Waals surface area contributed by atoms with Crippen LogP contribution in [0.1, 0.15) is 19.8 Å². The predicted molar refractivity (Wildman–Crippen MR) is 74.5 cm³/mol. The van der Waals surface area contributed by atoms with Crippen molar-refractivity contribution in [1.82, 2.24) is 0 Å². The average Bonchev–Trinajstić information content (AvgIpc) is 2.43. The van der Waals surface area contributed by atoms with E-state index in [1.807, 2.05) is 18.2 Å². The zero-order valence-electron chi connectivity index (χ0n) is 10.9. The molecule has 0 radical (unpaired) electrons. The van der Waals surface area contributed by atoms with Gasteiger partial charge in [-0.15, -0.1) is 0 Å². The van der Waals surface area contributed by atoms with Crippen LogP contribution in [0.15, 0.2) is 24.3 Å². The second kappa shape index (κ2) is 6.26. The molecule has 1 aromatic rings. The number of anilines is 1. The van der Waals surface area contributed by atoms with E-state index in [1.165, 1.54) is 0 Å². The maximum Gasteiger partial charge on any atom is 0.331 e. The first kappa shape index (κ1) is 14.2. The van der Waals surface area contributed by atoms with Crippen LogP contribution >= 0.6 is 11.6 Å². The van der Waals surface area contributed by atoms with Gasteiger partial charge in [0.25, 0.3) is 0 Å². The standard InChI is InChI=1S/C14H18ClNO3/c1-2-19-13(17)14(7-9-18-10-8-14)16-12-6-4-3-5-11(12)15/h3-6,16H,2,7-10H2,1H3. The Balaban J connectivity index is 2.23. The van der Waals surface area contributed by atoms with Crippen molar-refractivity contribution in [2.45, 2.75) is 25.3 Å². The quantitative estimate of drug-likeness (QED) is 0.863. The Kier molecular flexibility index (Phi) is 4.66. The van der Waals surface area contributed by atoms with Gasteiger partial charge < -0.3 is 14.8 Å². The molecule has 4 nitrogen and oxygen atoms in total. The molecule has 1 N–H and O–H groups in total. The van der Waals surface area contributed by atoms with Crippen molar-refractivity contribution in [2.24, 2.45) is 0 Å². The molecule has 2 rings (SSSR count). The van der Waals surface area contributed by atoms with Crippen LogP contribution in [0.2, 0.25) is 5.02 Å². The average molecular weight is 284 g/mol. The Bertz CT molecular complexity index is 444. The largest absolute Gasteiger partial charge is 0.464 e. The van der Waals surface area contributed by atoms with Gasteiger partial charge in [0.2, 0.25) is 0 Å². The molecule has 0 spiro atoms. The van der Waals surface area contributed by atoms with Crippen molar-refractivity contribution in [3.63, 3.8) is 0 Å².